The Kier molecular flexibility index (Phi) is 10.9. The first-order chi connectivity index (χ1) is 15.6. The number of hydrogen-bond donors (Lipinski definition) is 3. The van der Waals surface area contributed by atoms with Gasteiger partial charge >= 0.3 is 6.03 Å². The third-order valence-electron chi connectivity index (χ3n) is 4.65. The van der Waals surface area contributed by atoms with Gasteiger partial charge in [0, 0.05) is 11.8 Å². The Hall–Kier alpha value is -3.22. The van der Waals surface area contributed by atoms with Gasteiger partial charge in [-0.2, -0.15) is 0 Å². The number of anilines is 1. The van der Waals surface area contributed by atoms with E-state index in [1.54, 1.807) is 18.2 Å². The van der Waals surface area contributed by atoms with Crippen molar-refractivity contribution in [2.45, 2.75) is 52.5 Å². The summed E-state index contributed by atoms with van der Waals surface area (Å²) in [6.45, 7) is 7.16. The van der Waals surface area contributed by atoms with E-state index in [2.05, 4.69) is 22.9 Å². The molecule has 3 amide bonds. The third-order valence-corrected chi connectivity index (χ3v) is 4.65. The predicted molar refractivity (Wildman–Crippen MR) is 127 cm³/mol. The zero-order valence-electron chi connectivity index (χ0n) is 19.3. The van der Waals surface area contributed by atoms with Gasteiger partial charge in [0.15, 0.2) is 11.5 Å². The quantitative estimate of drug-likeness (QED) is 0.406. The second-order valence-corrected chi connectivity index (χ2v) is 7.49. The molecule has 0 fully saturated rings. The van der Waals surface area contributed by atoms with Crippen molar-refractivity contribution in [2.75, 3.05) is 25.1 Å². The van der Waals surface area contributed by atoms with E-state index in [9.17, 15) is 9.59 Å². The average Bonchev–Trinajstić information content (AvgIpc) is 2.81. The van der Waals surface area contributed by atoms with E-state index in [1.807, 2.05) is 44.2 Å². The first-order valence-corrected chi connectivity index (χ1v) is 11.4. The minimum Gasteiger partial charge on any atom is -0.490 e. The topological polar surface area (TPSA) is 88.7 Å². The number of carbonyl (C=O) groups excluding carboxylic acids is 2. The standard InChI is InChI=1S/C25H35N3O4/c1-4-10-21(19-11-8-7-9-12-19)28-24(29)18-26-25(30)27-20-13-14-22(31-15-5-2)23(17-20)32-16-6-3/h7-9,11-14,17,21H,4-6,10,15-16,18H2,1-3H3,(H,28,29)(H2,26,27,30)/t21-/m1/s1. The molecule has 7 nitrogen and oxygen atoms in total. The van der Waals surface area contributed by atoms with Crippen molar-refractivity contribution in [3.63, 3.8) is 0 Å². The average molecular weight is 442 g/mol. The van der Waals surface area contributed by atoms with E-state index >= 15 is 0 Å². The molecule has 0 aliphatic heterocycles. The van der Waals surface area contributed by atoms with Crippen LogP contribution < -0.4 is 25.4 Å². The predicted octanol–water partition coefficient (Wildman–Crippen LogP) is 5.04. The Bertz CT molecular complexity index is 842. The van der Waals surface area contributed by atoms with Crippen LogP contribution in [0.1, 0.15) is 58.1 Å². The first-order valence-electron chi connectivity index (χ1n) is 11.4. The molecule has 1 atom stereocenters. The summed E-state index contributed by atoms with van der Waals surface area (Å²) in [5.41, 5.74) is 1.61. The Morgan fingerprint density at radius 1 is 0.875 bits per heavy atom. The second-order valence-electron chi connectivity index (χ2n) is 7.49. The lowest BCUT2D eigenvalue weighted by Crippen LogP contribution is -2.40. The maximum absolute atomic E-state index is 12.4. The normalized spacial score (nSPS) is 11.3. The van der Waals surface area contributed by atoms with Gasteiger partial charge in [-0.05, 0) is 37.0 Å². The molecular formula is C25H35N3O4. The highest BCUT2D eigenvalue weighted by molar-refractivity contribution is 5.92. The van der Waals surface area contributed by atoms with Crippen molar-refractivity contribution >= 4 is 17.6 Å². The summed E-state index contributed by atoms with van der Waals surface area (Å²) in [5.74, 6) is 0.993. The van der Waals surface area contributed by atoms with Crippen molar-refractivity contribution in [1.29, 1.82) is 0 Å². The number of amides is 3. The fourth-order valence-electron chi connectivity index (χ4n) is 3.12. The van der Waals surface area contributed by atoms with Crippen molar-refractivity contribution in [2.24, 2.45) is 0 Å². The van der Waals surface area contributed by atoms with Crippen LogP contribution in [0.15, 0.2) is 48.5 Å². The Labute approximate surface area is 190 Å². The molecule has 0 spiro atoms. The van der Waals surface area contributed by atoms with Gasteiger partial charge in [0.05, 0.1) is 25.8 Å². The van der Waals surface area contributed by atoms with E-state index in [-0.39, 0.29) is 18.5 Å². The Morgan fingerprint density at radius 3 is 2.22 bits per heavy atom. The van der Waals surface area contributed by atoms with Crippen LogP contribution in [-0.2, 0) is 4.79 Å². The summed E-state index contributed by atoms with van der Waals surface area (Å²) < 4.78 is 11.5. The van der Waals surface area contributed by atoms with Gasteiger partial charge in [-0.25, -0.2) is 4.79 Å². The fraction of sp³-hybridized carbons (Fsp3) is 0.440. The molecule has 0 heterocycles. The molecule has 7 heteroatoms. The molecule has 0 saturated carbocycles. The molecular weight excluding hydrogens is 406 g/mol. The summed E-state index contributed by atoms with van der Waals surface area (Å²) in [5, 5.41) is 8.34. The summed E-state index contributed by atoms with van der Waals surface area (Å²) in [4.78, 5) is 24.7. The molecule has 0 aliphatic carbocycles. The Morgan fingerprint density at radius 2 is 1.56 bits per heavy atom. The number of hydrogen-bond acceptors (Lipinski definition) is 4. The zero-order valence-corrected chi connectivity index (χ0v) is 19.3. The summed E-state index contributed by atoms with van der Waals surface area (Å²) >= 11 is 0. The van der Waals surface area contributed by atoms with Gasteiger partial charge in [0.2, 0.25) is 5.91 Å². The number of urea groups is 1. The highest BCUT2D eigenvalue weighted by Gasteiger charge is 2.15. The van der Waals surface area contributed by atoms with Crippen molar-refractivity contribution in [3.8, 4) is 11.5 Å². The van der Waals surface area contributed by atoms with Crippen molar-refractivity contribution in [3.05, 3.63) is 54.1 Å². The smallest absolute Gasteiger partial charge is 0.319 e. The van der Waals surface area contributed by atoms with E-state index in [0.29, 0.717) is 30.4 Å². The SMILES string of the molecule is CCCOc1ccc(NC(=O)NCC(=O)N[C@H](CCC)c2ccccc2)cc1OCCC. The summed E-state index contributed by atoms with van der Waals surface area (Å²) in [7, 11) is 0. The fourth-order valence-corrected chi connectivity index (χ4v) is 3.12. The van der Waals surface area contributed by atoms with E-state index in [0.717, 1.165) is 31.2 Å². The molecule has 0 aliphatic rings. The van der Waals surface area contributed by atoms with Crippen molar-refractivity contribution in [1.82, 2.24) is 10.6 Å². The van der Waals surface area contributed by atoms with Gasteiger partial charge in [-0.1, -0.05) is 57.5 Å². The minimum atomic E-state index is -0.462. The van der Waals surface area contributed by atoms with Crippen LogP contribution in [0.5, 0.6) is 11.5 Å². The lowest BCUT2D eigenvalue weighted by atomic mass is 10.0. The minimum absolute atomic E-state index is 0.0764. The monoisotopic (exact) mass is 441 g/mol. The Balaban J connectivity index is 1.90. The maximum atomic E-state index is 12.4. The van der Waals surface area contributed by atoms with Gasteiger partial charge < -0.3 is 25.4 Å². The summed E-state index contributed by atoms with van der Waals surface area (Å²) in [6, 6.07) is 14.5. The molecule has 0 radical (unpaired) electrons. The van der Waals surface area contributed by atoms with Crippen LogP contribution in [0.25, 0.3) is 0 Å². The van der Waals surface area contributed by atoms with Crippen LogP contribution in [0.2, 0.25) is 0 Å². The number of rotatable bonds is 13. The van der Waals surface area contributed by atoms with Crippen LogP contribution in [-0.4, -0.2) is 31.7 Å². The molecule has 2 aromatic rings. The van der Waals surface area contributed by atoms with E-state index < -0.39 is 6.03 Å². The molecule has 0 aromatic heterocycles. The number of nitrogens with one attached hydrogen (secondary N) is 3. The second kappa shape index (κ2) is 14.0. The molecule has 0 unspecified atom stereocenters. The molecule has 2 aromatic carbocycles. The number of carbonyl (C=O) groups is 2. The van der Waals surface area contributed by atoms with Gasteiger partial charge in [-0.3, -0.25) is 4.79 Å². The molecule has 2 rings (SSSR count). The largest absolute Gasteiger partial charge is 0.490 e. The van der Waals surface area contributed by atoms with Gasteiger partial charge in [0.25, 0.3) is 0 Å². The highest BCUT2D eigenvalue weighted by atomic mass is 16.5. The zero-order chi connectivity index (χ0) is 23.2. The molecule has 32 heavy (non-hydrogen) atoms. The first kappa shape index (κ1) is 25.0. The molecule has 0 bridgehead atoms. The molecule has 0 saturated heterocycles. The van der Waals surface area contributed by atoms with Crippen LogP contribution >= 0.6 is 0 Å². The molecule has 3 N–H and O–H groups in total. The van der Waals surface area contributed by atoms with Gasteiger partial charge in [-0.15, -0.1) is 0 Å². The lowest BCUT2D eigenvalue weighted by molar-refractivity contribution is -0.120. The summed E-state index contributed by atoms with van der Waals surface area (Å²) in [6.07, 6.45) is 3.52. The van der Waals surface area contributed by atoms with Crippen LogP contribution in [0, 0.1) is 0 Å². The molecule has 174 valence electrons. The van der Waals surface area contributed by atoms with Crippen LogP contribution in [0.4, 0.5) is 10.5 Å². The van der Waals surface area contributed by atoms with Crippen molar-refractivity contribution < 1.29 is 19.1 Å². The number of ether oxygens (including phenoxy) is 2. The van der Waals surface area contributed by atoms with Crippen LogP contribution in [0.3, 0.4) is 0 Å². The number of benzene rings is 2. The van der Waals surface area contributed by atoms with Gasteiger partial charge in [0.1, 0.15) is 0 Å². The lowest BCUT2D eigenvalue weighted by Gasteiger charge is -2.19. The van der Waals surface area contributed by atoms with E-state index in [1.165, 1.54) is 0 Å². The maximum Gasteiger partial charge on any atom is 0.319 e. The highest BCUT2D eigenvalue weighted by Crippen LogP contribution is 2.31. The van der Waals surface area contributed by atoms with E-state index in [4.69, 9.17) is 9.47 Å². The third kappa shape index (κ3) is 8.49.